The van der Waals surface area contributed by atoms with Crippen molar-refractivity contribution in [3.63, 3.8) is 0 Å². The summed E-state index contributed by atoms with van der Waals surface area (Å²) >= 11 is 3.33. The number of aromatic nitrogens is 2. The first-order valence-electron chi connectivity index (χ1n) is 7.93. The van der Waals surface area contributed by atoms with Crippen LogP contribution in [0.15, 0.2) is 82.5 Å². The summed E-state index contributed by atoms with van der Waals surface area (Å²) in [6.07, 6.45) is 3.38. The molecule has 6 heteroatoms. The third kappa shape index (κ3) is 4.61. The topological polar surface area (TPSA) is 64.2 Å². The molecule has 2 N–H and O–H groups in total. The molecule has 0 saturated heterocycles. The molecule has 0 amide bonds. The second kappa shape index (κ2) is 8.49. The van der Waals surface area contributed by atoms with Crippen LogP contribution >= 0.6 is 15.9 Å². The molecule has 0 atom stereocenters. The van der Waals surface area contributed by atoms with Gasteiger partial charge in [-0.05, 0) is 52.3 Å². The summed E-state index contributed by atoms with van der Waals surface area (Å²) in [5.74, 6) is -0.290. The largest absolute Gasteiger partial charge is 0.397 e. The van der Waals surface area contributed by atoms with Crippen molar-refractivity contribution in [2.45, 2.75) is 6.54 Å². The van der Waals surface area contributed by atoms with E-state index in [1.54, 1.807) is 30.5 Å². The minimum absolute atomic E-state index is 0.189. The monoisotopic (exact) mass is 410 g/mol. The van der Waals surface area contributed by atoms with Crippen molar-refractivity contribution in [1.29, 1.82) is 0 Å². The van der Waals surface area contributed by atoms with Crippen LogP contribution in [-0.4, -0.2) is 15.7 Å². The first-order chi connectivity index (χ1) is 12.6. The molecule has 0 spiro atoms. The van der Waals surface area contributed by atoms with E-state index in [9.17, 15) is 4.39 Å². The number of rotatable bonds is 5. The Balaban J connectivity index is 1.97. The van der Waals surface area contributed by atoms with E-state index in [-0.39, 0.29) is 12.4 Å². The highest BCUT2D eigenvalue weighted by Crippen LogP contribution is 2.14. The first kappa shape index (κ1) is 17.9. The van der Waals surface area contributed by atoms with Crippen molar-refractivity contribution in [2.75, 3.05) is 0 Å². The van der Waals surface area contributed by atoms with Crippen molar-refractivity contribution in [3.8, 4) is 0 Å². The third-order valence-electron chi connectivity index (χ3n) is 3.61. The van der Waals surface area contributed by atoms with Crippen LogP contribution in [0.5, 0.6) is 0 Å². The molecule has 2 heterocycles. The van der Waals surface area contributed by atoms with Gasteiger partial charge in [0.05, 0.1) is 29.3 Å². The fourth-order valence-corrected chi connectivity index (χ4v) is 2.65. The highest BCUT2D eigenvalue weighted by atomic mass is 79.9. The van der Waals surface area contributed by atoms with Crippen LogP contribution in [0.2, 0.25) is 0 Å². The molecule has 0 aliphatic carbocycles. The van der Waals surface area contributed by atoms with E-state index in [0.717, 1.165) is 0 Å². The van der Waals surface area contributed by atoms with Gasteiger partial charge in [-0.25, -0.2) is 9.37 Å². The van der Waals surface area contributed by atoms with Gasteiger partial charge < -0.3 is 5.73 Å². The maximum atomic E-state index is 13.9. The van der Waals surface area contributed by atoms with Crippen molar-refractivity contribution >= 4 is 27.3 Å². The summed E-state index contributed by atoms with van der Waals surface area (Å²) in [7, 11) is 0. The standard InChI is InChI=1S/C20H16BrFN4/c21-20-10-5-9-17(26-20)16(23)12-19(18-8-3-4-11-24-18)25-13-14-6-1-2-7-15(14)22/h1-12H,13,23H2. The first-order valence-corrected chi connectivity index (χ1v) is 8.72. The van der Waals surface area contributed by atoms with Gasteiger partial charge in [-0.3, -0.25) is 9.98 Å². The number of allylic oxidation sites excluding steroid dienone is 1. The zero-order valence-electron chi connectivity index (χ0n) is 13.8. The Morgan fingerprint density at radius 1 is 1.04 bits per heavy atom. The molecule has 0 aliphatic rings. The molecule has 0 saturated carbocycles. The third-order valence-corrected chi connectivity index (χ3v) is 4.05. The normalized spacial score (nSPS) is 12.2. The fourth-order valence-electron chi connectivity index (χ4n) is 2.30. The number of hydrogen-bond acceptors (Lipinski definition) is 4. The van der Waals surface area contributed by atoms with Crippen LogP contribution in [0.25, 0.3) is 5.70 Å². The van der Waals surface area contributed by atoms with Crippen molar-refractivity contribution in [2.24, 2.45) is 10.7 Å². The molecule has 0 radical (unpaired) electrons. The van der Waals surface area contributed by atoms with E-state index in [1.165, 1.54) is 6.07 Å². The second-order valence-corrected chi connectivity index (χ2v) is 6.27. The van der Waals surface area contributed by atoms with Crippen LogP contribution in [-0.2, 0) is 6.54 Å². The highest BCUT2D eigenvalue weighted by molar-refractivity contribution is 9.10. The molecule has 2 aromatic heterocycles. The molecule has 0 fully saturated rings. The van der Waals surface area contributed by atoms with E-state index in [4.69, 9.17) is 5.73 Å². The molecule has 0 bridgehead atoms. The van der Waals surface area contributed by atoms with Gasteiger partial charge in [0.15, 0.2) is 0 Å². The van der Waals surface area contributed by atoms with Gasteiger partial charge in [-0.15, -0.1) is 0 Å². The van der Waals surface area contributed by atoms with E-state index in [0.29, 0.717) is 33.0 Å². The predicted octanol–water partition coefficient (Wildman–Crippen LogP) is 4.37. The van der Waals surface area contributed by atoms with Crippen molar-refractivity contribution in [3.05, 3.63) is 100 Å². The number of halogens is 2. The number of benzene rings is 1. The summed E-state index contributed by atoms with van der Waals surface area (Å²) in [5, 5.41) is 0. The van der Waals surface area contributed by atoms with Gasteiger partial charge in [-0.1, -0.05) is 30.3 Å². The zero-order valence-corrected chi connectivity index (χ0v) is 15.4. The quantitative estimate of drug-likeness (QED) is 0.501. The van der Waals surface area contributed by atoms with E-state index in [2.05, 4.69) is 30.9 Å². The number of nitrogens with two attached hydrogens (primary N) is 1. The average molecular weight is 411 g/mol. The van der Waals surface area contributed by atoms with Crippen LogP contribution in [0.1, 0.15) is 17.0 Å². The summed E-state index contributed by atoms with van der Waals surface area (Å²) in [4.78, 5) is 13.2. The molecule has 4 nitrogen and oxygen atoms in total. The lowest BCUT2D eigenvalue weighted by atomic mass is 10.1. The van der Waals surface area contributed by atoms with Gasteiger partial charge in [0.25, 0.3) is 0 Å². The molecule has 3 rings (SSSR count). The van der Waals surface area contributed by atoms with Crippen LogP contribution < -0.4 is 5.73 Å². The SMILES string of the molecule is NC(=CC(=NCc1ccccc1F)c1ccccn1)c1cccc(Br)n1. The number of nitrogens with zero attached hydrogens (tertiary/aromatic N) is 3. The maximum Gasteiger partial charge on any atom is 0.128 e. The van der Waals surface area contributed by atoms with Gasteiger partial charge >= 0.3 is 0 Å². The Hall–Kier alpha value is -2.86. The Labute approximate surface area is 159 Å². The minimum atomic E-state index is -0.290. The fraction of sp³-hybridized carbons (Fsp3) is 0.0500. The summed E-state index contributed by atoms with van der Waals surface area (Å²) in [5.41, 5.74) is 8.99. The maximum absolute atomic E-state index is 13.9. The molecular weight excluding hydrogens is 395 g/mol. The van der Waals surface area contributed by atoms with E-state index >= 15 is 0 Å². The second-order valence-electron chi connectivity index (χ2n) is 5.45. The molecule has 0 unspecified atom stereocenters. The van der Waals surface area contributed by atoms with Gasteiger partial charge in [0.1, 0.15) is 10.4 Å². The summed E-state index contributed by atoms with van der Waals surface area (Å²) in [6.45, 7) is 0.189. The highest BCUT2D eigenvalue weighted by Gasteiger charge is 2.07. The van der Waals surface area contributed by atoms with Gasteiger partial charge in [0, 0.05) is 11.8 Å². The van der Waals surface area contributed by atoms with E-state index < -0.39 is 0 Å². The van der Waals surface area contributed by atoms with E-state index in [1.807, 2.05) is 36.4 Å². The Bertz CT molecular complexity index is 955. The molecule has 0 aliphatic heterocycles. The van der Waals surface area contributed by atoms with Crippen molar-refractivity contribution < 1.29 is 4.39 Å². The Kier molecular flexibility index (Phi) is 5.86. The summed E-state index contributed by atoms with van der Waals surface area (Å²) in [6, 6.07) is 17.6. The van der Waals surface area contributed by atoms with Gasteiger partial charge in [-0.2, -0.15) is 0 Å². The van der Waals surface area contributed by atoms with Gasteiger partial charge in [0.2, 0.25) is 0 Å². The lowest BCUT2D eigenvalue weighted by Crippen LogP contribution is -2.07. The molecule has 3 aromatic rings. The van der Waals surface area contributed by atoms with Crippen molar-refractivity contribution in [1.82, 2.24) is 9.97 Å². The predicted molar refractivity (Wildman–Crippen MR) is 105 cm³/mol. The smallest absolute Gasteiger partial charge is 0.128 e. The molecule has 130 valence electrons. The lowest BCUT2D eigenvalue weighted by Gasteiger charge is -2.06. The molecule has 1 aromatic carbocycles. The number of hydrogen-bond donors (Lipinski definition) is 1. The Morgan fingerprint density at radius 3 is 2.54 bits per heavy atom. The summed E-state index contributed by atoms with van der Waals surface area (Å²) < 4.78 is 14.6. The zero-order chi connectivity index (χ0) is 18.4. The minimum Gasteiger partial charge on any atom is -0.397 e. The van der Waals surface area contributed by atoms with Crippen LogP contribution in [0, 0.1) is 5.82 Å². The number of aliphatic imine (C=N–C) groups is 1. The Morgan fingerprint density at radius 2 is 1.81 bits per heavy atom. The lowest BCUT2D eigenvalue weighted by molar-refractivity contribution is 0.611. The molecular formula is C20H16BrFN4. The number of pyridine rings is 2. The van der Waals surface area contributed by atoms with Crippen LogP contribution in [0.4, 0.5) is 4.39 Å². The van der Waals surface area contributed by atoms with Crippen LogP contribution in [0.3, 0.4) is 0 Å². The molecule has 26 heavy (non-hydrogen) atoms. The average Bonchev–Trinajstić information content (AvgIpc) is 2.67.